The fourth-order valence-corrected chi connectivity index (χ4v) is 5.60. The SMILES string of the molecule is NC1CC2(CN(c3ccccc3C=CC(=O)NO)C2)S(=O)(=O)C1. The number of anilines is 1. The Labute approximate surface area is 134 Å². The van der Waals surface area contributed by atoms with Crippen LogP contribution in [0.4, 0.5) is 5.69 Å². The molecule has 1 atom stereocenters. The van der Waals surface area contributed by atoms with Gasteiger partial charge in [-0.1, -0.05) is 18.2 Å². The summed E-state index contributed by atoms with van der Waals surface area (Å²) in [6.45, 7) is 0.833. The zero-order chi connectivity index (χ0) is 16.7. The molecule has 8 heteroatoms. The molecule has 124 valence electrons. The van der Waals surface area contributed by atoms with Crippen LogP contribution in [0.15, 0.2) is 30.3 Å². The Kier molecular flexibility index (Phi) is 3.91. The maximum Gasteiger partial charge on any atom is 0.267 e. The van der Waals surface area contributed by atoms with E-state index in [9.17, 15) is 13.2 Å². The number of hydroxylamine groups is 1. The van der Waals surface area contributed by atoms with Crippen LogP contribution in [0.5, 0.6) is 0 Å². The number of hydrogen-bond acceptors (Lipinski definition) is 6. The van der Waals surface area contributed by atoms with E-state index in [2.05, 4.69) is 0 Å². The molecule has 0 aromatic heterocycles. The summed E-state index contributed by atoms with van der Waals surface area (Å²) in [6.07, 6.45) is 3.30. The van der Waals surface area contributed by atoms with Crippen LogP contribution in [-0.2, 0) is 14.6 Å². The van der Waals surface area contributed by atoms with Crippen LogP contribution in [0.2, 0.25) is 0 Å². The molecule has 2 fully saturated rings. The average Bonchev–Trinajstić information content (AvgIpc) is 2.72. The molecular weight excluding hydrogens is 318 g/mol. The van der Waals surface area contributed by atoms with Crippen LogP contribution in [0.1, 0.15) is 12.0 Å². The molecule has 2 aliphatic heterocycles. The second kappa shape index (κ2) is 5.63. The Bertz CT molecular complexity index is 754. The van der Waals surface area contributed by atoms with Crippen LogP contribution in [0.25, 0.3) is 6.08 Å². The second-order valence-corrected chi connectivity index (χ2v) is 8.58. The number of nitrogens with zero attached hydrogens (tertiary/aromatic N) is 1. The summed E-state index contributed by atoms with van der Waals surface area (Å²) < 4.78 is 23.9. The van der Waals surface area contributed by atoms with Gasteiger partial charge in [0.05, 0.1) is 5.75 Å². The Morgan fingerprint density at radius 3 is 2.70 bits per heavy atom. The predicted octanol–water partition coefficient (Wildman–Crippen LogP) is -0.0902. The Morgan fingerprint density at radius 1 is 1.39 bits per heavy atom. The van der Waals surface area contributed by atoms with Crippen LogP contribution >= 0.6 is 0 Å². The number of nitrogens with one attached hydrogen (secondary N) is 1. The fourth-order valence-electron chi connectivity index (χ4n) is 3.39. The van der Waals surface area contributed by atoms with Gasteiger partial charge in [0.15, 0.2) is 9.84 Å². The number of rotatable bonds is 3. The van der Waals surface area contributed by atoms with Crippen molar-refractivity contribution >= 4 is 27.5 Å². The molecule has 0 bridgehead atoms. The van der Waals surface area contributed by atoms with E-state index in [1.807, 2.05) is 29.2 Å². The first-order valence-corrected chi connectivity index (χ1v) is 8.96. The molecule has 3 rings (SSSR count). The first-order chi connectivity index (χ1) is 10.9. The summed E-state index contributed by atoms with van der Waals surface area (Å²) in [6, 6.07) is 7.11. The van der Waals surface area contributed by atoms with Gasteiger partial charge in [-0.15, -0.1) is 0 Å². The van der Waals surface area contributed by atoms with Gasteiger partial charge in [0.25, 0.3) is 5.91 Å². The Hall–Kier alpha value is -1.90. The van der Waals surface area contributed by atoms with Crippen LogP contribution < -0.4 is 16.1 Å². The molecule has 0 radical (unpaired) electrons. The van der Waals surface area contributed by atoms with Gasteiger partial charge < -0.3 is 10.6 Å². The molecule has 1 aromatic rings. The lowest BCUT2D eigenvalue weighted by molar-refractivity contribution is -0.124. The molecule has 1 unspecified atom stereocenters. The molecule has 2 saturated heterocycles. The van der Waals surface area contributed by atoms with E-state index in [1.165, 1.54) is 11.6 Å². The van der Waals surface area contributed by atoms with Crippen molar-refractivity contribution in [3.8, 4) is 0 Å². The van der Waals surface area contributed by atoms with Crippen molar-refractivity contribution in [2.75, 3.05) is 23.7 Å². The minimum absolute atomic E-state index is 0.0546. The van der Waals surface area contributed by atoms with Gasteiger partial charge in [-0.25, -0.2) is 13.9 Å². The third-order valence-electron chi connectivity index (χ3n) is 4.49. The summed E-state index contributed by atoms with van der Waals surface area (Å²) in [5, 5.41) is 8.53. The Balaban J connectivity index is 1.81. The van der Waals surface area contributed by atoms with Crippen molar-refractivity contribution in [3.05, 3.63) is 35.9 Å². The number of benzene rings is 1. The van der Waals surface area contributed by atoms with Crippen molar-refractivity contribution in [3.63, 3.8) is 0 Å². The van der Waals surface area contributed by atoms with E-state index in [0.29, 0.717) is 19.5 Å². The van der Waals surface area contributed by atoms with E-state index >= 15 is 0 Å². The van der Waals surface area contributed by atoms with Gasteiger partial charge in [0.2, 0.25) is 0 Å². The third-order valence-corrected chi connectivity index (χ3v) is 7.10. The quantitative estimate of drug-likeness (QED) is 0.404. The standard InChI is InChI=1S/C15H19N3O4S/c16-12-7-15(23(21,22)8-12)9-18(10-15)13-4-2-1-3-11(13)5-6-14(19)17-20/h1-6,12,20H,7-10,16H2,(H,17,19). The van der Waals surface area contributed by atoms with E-state index in [-0.39, 0.29) is 11.8 Å². The smallest absolute Gasteiger partial charge is 0.267 e. The highest BCUT2D eigenvalue weighted by molar-refractivity contribution is 7.93. The molecule has 1 aromatic carbocycles. The zero-order valence-corrected chi connectivity index (χ0v) is 13.3. The van der Waals surface area contributed by atoms with Gasteiger partial charge in [-0.2, -0.15) is 0 Å². The highest BCUT2D eigenvalue weighted by Gasteiger charge is 2.58. The zero-order valence-electron chi connectivity index (χ0n) is 12.5. The van der Waals surface area contributed by atoms with Crippen molar-refractivity contribution in [2.45, 2.75) is 17.2 Å². The number of nitrogens with two attached hydrogens (primary N) is 1. The largest absolute Gasteiger partial charge is 0.368 e. The lowest BCUT2D eigenvalue weighted by Crippen LogP contribution is -2.64. The molecule has 2 heterocycles. The number of sulfone groups is 1. The maximum atomic E-state index is 12.3. The third kappa shape index (κ3) is 2.73. The highest BCUT2D eigenvalue weighted by atomic mass is 32.2. The van der Waals surface area contributed by atoms with E-state index in [4.69, 9.17) is 10.9 Å². The number of para-hydroxylation sites is 1. The van der Waals surface area contributed by atoms with Gasteiger partial charge in [0.1, 0.15) is 4.75 Å². The molecule has 0 aliphatic carbocycles. The summed E-state index contributed by atoms with van der Waals surface area (Å²) in [5.74, 6) is -0.566. The normalized spacial score (nSPS) is 24.8. The number of carbonyl (C=O) groups excluding carboxylic acids is 1. The number of carbonyl (C=O) groups is 1. The van der Waals surface area contributed by atoms with Gasteiger partial charge >= 0.3 is 0 Å². The lowest BCUT2D eigenvalue weighted by Gasteiger charge is -2.48. The number of amides is 1. The minimum Gasteiger partial charge on any atom is -0.368 e. The number of hydrogen-bond donors (Lipinski definition) is 3. The molecule has 4 N–H and O–H groups in total. The average molecular weight is 337 g/mol. The lowest BCUT2D eigenvalue weighted by atomic mass is 9.91. The highest BCUT2D eigenvalue weighted by Crippen LogP contribution is 2.42. The van der Waals surface area contributed by atoms with Crippen molar-refractivity contribution in [2.24, 2.45) is 5.73 Å². The summed E-state index contributed by atoms with van der Waals surface area (Å²) in [5.41, 5.74) is 9.00. The molecule has 7 nitrogen and oxygen atoms in total. The monoisotopic (exact) mass is 337 g/mol. The van der Waals surface area contributed by atoms with E-state index in [1.54, 1.807) is 6.08 Å². The summed E-state index contributed by atoms with van der Waals surface area (Å²) in [4.78, 5) is 13.1. The predicted molar refractivity (Wildman–Crippen MR) is 86.7 cm³/mol. The van der Waals surface area contributed by atoms with Gasteiger partial charge in [0, 0.05) is 30.9 Å². The molecular formula is C15H19N3O4S. The summed E-state index contributed by atoms with van der Waals surface area (Å²) >= 11 is 0. The maximum absolute atomic E-state index is 12.3. The molecule has 1 amide bonds. The van der Waals surface area contributed by atoms with Crippen LogP contribution in [0, 0.1) is 0 Å². The van der Waals surface area contributed by atoms with Crippen LogP contribution in [-0.4, -0.2) is 49.2 Å². The van der Waals surface area contributed by atoms with Gasteiger partial charge in [-0.3, -0.25) is 10.0 Å². The Morgan fingerprint density at radius 2 is 2.09 bits per heavy atom. The molecule has 0 saturated carbocycles. The first kappa shape index (κ1) is 16.0. The van der Waals surface area contributed by atoms with Crippen molar-refractivity contribution in [1.29, 1.82) is 0 Å². The van der Waals surface area contributed by atoms with E-state index in [0.717, 1.165) is 11.3 Å². The summed E-state index contributed by atoms with van der Waals surface area (Å²) in [7, 11) is -3.16. The van der Waals surface area contributed by atoms with Gasteiger partial charge in [-0.05, 0) is 24.1 Å². The molecule has 1 spiro atoms. The fraction of sp³-hybridized carbons (Fsp3) is 0.400. The van der Waals surface area contributed by atoms with E-state index < -0.39 is 20.5 Å². The topological polar surface area (TPSA) is 113 Å². The molecule has 2 aliphatic rings. The van der Waals surface area contributed by atoms with Crippen molar-refractivity contribution < 1.29 is 18.4 Å². The second-order valence-electron chi connectivity index (χ2n) is 6.15. The van der Waals surface area contributed by atoms with Crippen molar-refractivity contribution in [1.82, 2.24) is 5.48 Å². The molecule has 23 heavy (non-hydrogen) atoms. The van der Waals surface area contributed by atoms with Crippen LogP contribution in [0.3, 0.4) is 0 Å². The first-order valence-electron chi connectivity index (χ1n) is 7.31. The minimum atomic E-state index is -3.16.